The van der Waals surface area contributed by atoms with E-state index in [0.717, 1.165) is 50.0 Å². The summed E-state index contributed by atoms with van der Waals surface area (Å²) in [7, 11) is 0. The average Bonchev–Trinajstić information content (AvgIpc) is 3.42. The van der Waals surface area contributed by atoms with Gasteiger partial charge in [-0.15, -0.1) is 0 Å². The minimum absolute atomic E-state index is 0.00598. The second-order valence-electron chi connectivity index (χ2n) is 9.71. The number of fused-ring (bicyclic) bond motifs is 3. The molecular formula is C23H30N2O3S. The van der Waals surface area contributed by atoms with Crippen LogP contribution < -0.4 is 10.1 Å². The van der Waals surface area contributed by atoms with Gasteiger partial charge in [0, 0.05) is 11.5 Å². The molecule has 2 N–H and O–H groups in total. The lowest BCUT2D eigenvalue weighted by Gasteiger charge is -2.46. The van der Waals surface area contributed by atoms with Crippen LogP contribution in [0.5, 0.6) is 5.75 Å². The highest BCUT2D eigenvalue weighted by Crippen LogP contribution is 2.60. The Bertz CT molecular complexity index is 858. The smallest absolute Gasteiger partial charge is 0.259 e. The van der Waals surface area contributed by atoms with Gasteiger partial charge in [0.15, 0.2) is 10.7 Å². The van der Waals surface area contributed by atoms with E-state index in [1.807, 2.05) is 19.9 Å². The monoisotopic (exact) mass is 414 g/mol. The van der Waals surface area contributed by atoms with Crippen molar-refractivity contribution in [2.75, 3.05) is 6.61 Å². The summed E-state index contributed by atoms with van der Waals surface area (Å²) in [4.78, 5) is 15.7. The quantitative estimate of drug-likeness (QED) is 0.741. The third kappa shape index (κ3) is 2.82. The van der Waals surface area contributed by atoms with E-state index in [1.165, 1.54) is 18.4 Å². The molecule has 3 aliphatic carbocycles. The molecule has 0 aromatic heterocycles. The number of carbonyl (C=O) groups excluding carboxylic acids is 1. The Morgan fingerprint density at radius 3 is 2.62 bits per heavy atom. The summed E-state index contributed by atoms with van der Waals surface area (Å²) in [5.41, 5.74) is 1.13. The first kappa shape index (κ1) is 19.3. The molecule has 1 saturated heterocycles. The van der Waals surface area contributed by atoms with E-state index in [2.05, 4.69) is 17.4 Å². The molecule has 156 valence electrons. The number of hydrogen-bond donors (Lipinski definition) is 2. The second kappa shape index (κ2) is 6.67. The fourth-order valence-corrected chi connectivity index (χ4v) is 6.14. The summed E-state index contributed by atoms with van der Waals surface area (Å²) >= 11 is 5.65. The molecule has 2 saturated carbocycles. The number of thiocarbonyl (C=S) groups is 1. The van der Waals surface area contributed by atoms with E-state index in [-0.39, 0.29) is 23.5 Å². The van der Waals surface area contributed by atoms with Crippen LogP contribution in [0.25, 0.3) is 0 Å². The van der Waals surface area contributed by atoms with Gasteiger partial charge < -0.3 is 15.2 Å². The van der Waals surface area contributed by atoms with Gasteiger partial charge in [0.25, 0.3) is 5.91 Å². The Hall–Kier alpha value is -1.66. The Kier molecular flexibility index (Phi) is 4.44. The molecule has 1 aliphatic heterocycles. The number of carbonyl (C=O) groups is 1. The largest absolute Gasteiger partial charge is 0.493 e. The van der Waals surface area contributed by atoms with E-state index < -0.39 is 5.54 Å². The van der Waals surface area contributed by atoms with Crippen molar-refractivity contribution in [3.05, 3.63) is 29.3 Å². The van der Waals surface area contributed by atoms with Crippen LogP contribution in [-0.2, 0) is 16.8 Å². The fraction of sp³-hybridized carbons (Fsp3) is 0.652. The lowest BCUT2D eigenvalue weighted by Crippen LogP contribution is -2.57. The van der Waals surface area contributed by atoms with Gasteiger partial charge >= 0.3 is 0 Å². The molecule has 1 unspecified atom stereocenters. The van der Waals surface area contributed by atoms with Gasteiger partial charge in [0.1, 0.15) is 5.75 Å². The van der Waals surface area contributed by atoms with Gasteiger partial charge in [0.2, 0.25) is 0 Å². The molecule has 0 radical (unpaired) electrons. The maximum absolute atomic E-state index is 14.0. The Balaban J connectivity index is 1.59. The Morgan fingerprint density at radius 1 is 1.28 bits per heavy atom. The average molecular weight is 415 g/mol. The maximum atomic E-state index is 14.0. The SMILES string of the molecule is CC(C)N1C(=O)C2(NC1=S)c1cc(OCC3CC3)ccc1CC21CCC(O)CC1. The molecule has 0 bridgehead atoms. The zero-order chi connectivity index (χ0) is 20.4. The molecule has 3 fully saturated rings. The van der Waals surface area contributed by atoms with Crippen LogP contribution in [0.2, 0.25) is 0 Å². The van der Waals surface area contributed by atoms with Crippen molar-refractivity contribution in [2.45, 2.75) is 76.5 Å². The standard InChI is InChI=1S/C23H30N2O3S/c1-14(2)25-20(27)23(24-21(25)29)19-11-18(28-13-15-3-4-15)6-5-16(19)12-22(23)9-7-17(26)8-10-22/h5-6,11,14-15,17,26H,3-4,7-10,12-13H2,1-2H3,(H,24,29). The lowest BCUT2D eigenvalue weighted by atomic mass is 9.61. The highest BCUT2D eigenvalue weighted by molar-refractivity contribution is 7.80. The van der Waals surface area contributed by atoms with Gasteiger partial charge in [0.05, 0.1) is 12.7 Å². The zero-order valence-electron chi connectivity index (χ0n) is 17.2. The maximum Gasteiger partial charge on any atom is 0.259 e. The summed E-state index contributed by atoms with van der Waals surface area (Å²) in [6.07, 6.45) is 6.14. The summed E-state index contributed by atoms with van der Waals surface area (Å²) in [6, 6.07) is 6.26. The normalized spacial score (nSPS) is 33.7. The predicted octanol–water partition coefficient (Wildman–Crippen LogP) is 3.27. The van der Waals surface area contributed by atoms with Crippen LogP contribution in [-0.4, -0.2) is 39.8 Å². The second-order valence-corrected chi connectivity index (χ2v) is 10.1. The van der Waals surface area contributed by atoms with E-state index in [0.29, 0.717) is 11.0 Å². The molecule has 29 heavy (non-hydrogen) atoms. The van der Waals surface area contributed by atoms with Crippen molar-refractivity contribution in [3.8, 4) is 5.75 Å². The van der Waals surface area contributed by atoms with Crippen molar-refractivity contribution in [3.63, 3.8) is 0 Å². The highest BCUT2D eigenvalue weighted by Gasteiger charge is 2.67. The van der Waals surface area contributed by atoms with Crippen LogP contribution in [0.1, 0.15) is 63.5 Å². The van der Waals surface area contributed by atoms with Crippen molar-refractivity contribution < 1.29 is 14.6 Å². The number of amides is 1. The Labute approximate surface area is 177 Å². The molecule has 2 spiro atoms. The third-order valence-electron chi connectivity index (χ3n) is 7.47. The van der Waals surface area contributed by atoms with E-state index >= 15 is 0 Å². The summed E-state index contributed by atoms with van der Waals surface area (Å²) in [6.45, 7) is 4.77. The van der Waals surface area contributed by atoms with Crippen LogP contribution in [0.3, 0.4) is 0 Å². The van der Waals surface area contributed by atoms with Gasteiger partial charge in [-0.1, -0.05) is 6.07 Å². The van der Waals surface area contributed by atoms with Crippen LogP contribution in [0, 0.1) is 11.3 Å². The van der Waals surface area contributed by atoms with E-state index in [1.54, 1.807) is 4.90 Å². The molecular weight excluding hydrogens is 384 g/mol. The van der Waals surface area contributed by atoms with Gasteiger partial charge in [-0.25, -0.2) is 0 Å². The number of aliphatic hydroxyl groups excluding tert-OH is 1. The number of benzene rings is 1. The van der Waals surface area contributed by atoms with Gasteiger partial charge in [-0.05, 0) is 100 Å². The van der Waals surface area contributed by atoms with Crippen LogP contribution >= 0.6 is 12.2 Å². The summed E-state index contributed by atoms with van der Waals surface area (Å²) < 4.78 is 6.06. The minimum atomic E-state index is -0.844. The van der Waals surface area contributed by atoms with Crippen molar-refractivity contribution in [1.82, 2.24) is 10.2 Å². The van der Waals surface area contributed by atoms with E-state index in [9.17, 15) is 9.90 Å². The molecule has 1 atom stereocenters. The number of hydrogen-bond acceptors (Lipinski definition) is 4. The molecule has 1 amide bonds. The number of nitrogens with zero attached hydrogens (tertiary/aromatic N) is 1. The van der Waals surface area contributed by atoms with Gasteiger partial charge in [-0.3, -0.25) is 9.69 Å². The Morgan fingerprint density at radius 2 is 2.00 bits per heavy atom. The fourth-order valence-electron chi connectivity index (χ4n) is 5.69. The minimum Gasteiger partial charge on any atom is -0.493 e. The molecule has 4 aliphatic rings. The molecule has 1 heterocycles. The van der Waals surface area contributed by atoms with Crippen LogP contribution in [0.15, 0.2) is 18.2 Å². The first-order valence-corrected chi connectivity index (χ1v) is 11.4. The highest BCUT2D eigenvalue weighted by atomic mass is 32.1. The zero-order valence-corrected chi connectivity index (χ0v) is 18.1. The van der Waals surface area contributed by atoms with E-state index in [4.69, 9.17) is 17.0 Å². The molecule has 5 rings (SSSR count). The van der Waals surface area contributed by atoms with Crippen molar-refractivity contribution in [2.24, 2.45) is 11.3 Å². The number of rotatable bonds is 4. The summed E-state index contributed by atoms with van der Waals surface area (Å²) in [5, 5.41) is 14.2. The summed E-state index contributed by atoms with van der Waals surface area (Å²) in [5.74, 6) is 1.58. The molecule has 1 aromatic carbocycles. The van der Waals surface area contributed by atoms with Crippen LogP contribution in [0.4, 0.5) is 0 Å². The topological polar surface area (TPSA) is 61.8 Å². The molecule has 1 aromatic rings. The molecule has 5 nitrogen and oxygen atoms in total. The number of nitrogens with one attached hydrogen (secondary N) is 1. The molecule has 6 heteroatoms. The predicted molar refractivity (Wildman–Crippen MR) is 115 cm³/mol. The van der Waals surface area contributed by atoms with Gasteiger partial charge in [-0.2, -0.15) is 0 Å². The third-order valence-corrected chi connectivity index (χ3v) is 7.77. The number of ether oxygens (including phenoxy) is 1. The number of aliphatic hydroxyl groups is 1. The lowest BCUT2D eigenvalue weighted by molar-refractivity contribution is -0.139. The van der Waals surface area contributed by atoms with Crippen molar-refractivity contribution in [1.29, 1.82) is 0 Å². The van der Waals surface area contributed by atoms with Crippen molar-refractivity contribution >= 4 is 23.2 Å². The first-order chi connectivity index (χ1) is 13.9. The first-order valence-electron chi connectivity index (χ1n) is 11.0.